The van der Waals surface area contributed by atoms with Crippen molar-refractivity contribution >= 4 is 15.9 Å². The maximum Gasteiger partial charge on any atom is 0.392 e. The van der Waals surface area contributed by atoms with Crippen molar-refractivity contribution in [3.8, 4) is 0 Å². The second-order valence-electron chi connectivity index (χ2n) is 6.48. The second-order valence-corrected chi connectivity index (χ2v) is 8.21. The highest BCUT2D eigenvalue weighted by atomic mass is 32.2. The Morgan fingerprint density at radius 1 is 1.25 bits per heavy atom. The van der Waals surface area contributed by atoms with Gasteiger partial charge in [-0.05, 0) is 37.5 Å². The topological polar surface area (TPSA) is 89.3 Å². The Kier molecular flexibility index (Phi) is 4.35. The minimum Gasteiger partial charge on any atom is -0.364 e. The van der Waals surface area contributed by atoms with Gasteiger partial charge in [-0.25, -0.2) is 8.42 Å². The standard InChI is InChI=1S/C14H17F3N2O4S/c15-14(16,17)12-9-3-1-8(2-4-9)11(12)13(20)19-24(21,22)7-10-5-6-23-18-10/h5-6,8-9,11-12H,1-4,7H2,(H,19,20)/t8?,9?,11-,12-/m0/s1. The van der Waals surface area contributed by atoms with Gasteiger partial charge in [-0.15, -0.1) is 0 Å². The average Bonchev–Trinajstić information content (AvgIpc) is 2.98. The van der Waals surface area contributed by atoms with Gasteiger partial charge in [0.05, 0.1) is 11.8 Å². The first-order valence-corrected chi connectivity index (χ1v) is 9.33. The Morgan fingerprint density at radius 2 is 1.88 bits per heavy atom. The molecule has 3 aliphatic carbocycles. The summed E-state index contributed by atoms with van der Waals surface area (Å²) in [5.74, 6) is -5.83. The summed E-state index contributed by atoms with van der Waals surface area (Å²) in [6, 6.07) is 1.31. The van der Waals surface area contributed by atoms with Gasteiger partial charge >= 0.3 is 6.18 Å². The zero-order chi connectivity index (χ0) is 17.5. The Balaban J connectivity index is 1.77. The SMILES string of the molecule is O=C(NS(=O)(=O)Cc1ccon1)[C@H]1C2CCC(CC2)[C@@H]1C(F)(F)F. The molecule has 3 fully saturated rings. The summed E-state index contributed by atoms with van der Waals surface area (Å²) in [7, 11) is -4.13. The van der Waals surface area contributed by atoms with Crippen LogP contribution in [0.25, 0.3) is 0 Å². The average molecular weight is 366 g/mol. The molecule has 0 aromatic carbocycles. The maximum absolute atomic E-state index is 13.4. The molecule has 0 unspecified atom stereocenters. The van der Waals surface area contributed by atoms with Crippen LogP contribution in [0.4, 0.5) is 13.2 Å². The van der Waals surface area contributed by atoms with E-state index in [0.29, 0.717) is 25.7 Å². The van der Waals surface area contributed by atoms with Gasteiger partial charge < -0.3 is 4.52 Å². The Morgan fingerprint density at radius 3 is 2.42 bits per heavy atom. The molecule has 1 N–H and O–H groups in total. The van der Waals surface area contributed by atoms with Gasteiger partial charge in [-0.2, -0.15) is 13.2 Å². The van der Waals surface area contributed by atoms with Crippen LogP contribution in [0, 0.1) is 23.7 Å². The van der Waals surface area contributed by atoms with Crippen molar-refractivity contribution in [1.82, 2.24) is 9.88 Å². The van der Waals surface area contributed by atoms with E-state index in [2.05, 4.69) is 9.68 Å². The lowest BCUT2D eigenvalue weighted by atomic mass is 9.58. The highest BCUT2D eigenvalue weighted by Gasteiger charge is 2.58. The summed E-state index contributed by atoms with van der Waals surface area (Å²) in [6.45, 7) is 0. The first-order valence-electron chi connectivity index (χ1n) is 7.67. The highest BCUT2D eigenvalue weighted by Crippen LogP contribution is 2.54. The smallest absolute Gasteiger partial charge is 0.364 e. The molecule has 0 saturated heterocycles. The fourth-order valence-corrected chi connectivity index (χ4v) is 5.11. The van der Waals surface area contributed by atoms with Gasteiger partial charge in [0.2, 0.25) is 15.9 Å². The van der Waals surface area contributed by atoms with E-state index in [1.54, 1.807) is 4.72 Å². The Labute approximate surface area is 136 Å². The van der Waals surface area contributed by atoms with Crippen molar-refractivity contribution in [1.29, 1.82) is 0 Å². The predicted molar refractivity (Wildman–Crippen MR) is 75.8 cm³/mol. The number of nitrogens with one attached hydrogen (secondary N) is 1. The molecule has 1 amide bonds. The molecular formula is C14H17F3N2O4S. The number of sulfonamides is 1. The van der Waals surface area contributed by atoms with Crippen LogP contribution < -0.4 is 4.72 Å². The molecule has 10 heteroatoms. The molecule has 0 spiro atoms. The third-order valence-electron chi connectivity index (χ3n) is 4.99. The molecule has 1 heterocycles. The highest BCUT2D eigenvalue weighted by molar-refractivity contribution is 7.89. The molecule has 3 saturated carbocycles. The van der Waals surface area contributed by atoms with E-state index in [0.717, 1.165) is 0 Å². The summed E-state index contributed by atoms with van der Waals surface area (Å²) < 4.78 is 70.5. The molecule has 3 aliphatic rings. The molecule has 2 atom stereocenters. The van der Waals surface area contributed by atoms with Crippen LogP contribution in [0.5, 0.6) is 0 Å². The molecule has 134 valence electrons. The Hall–Kier alpha value is -1.58. The minimum atomic E-state index is -4.51. The molecule has 2 bridgehead atoms. The number of amides is 1. The van der Waals surface area contributed by atoms with E-state index in [1.165, 1.54) is 12.3 Å². The van der Waals surface area contributed by atoms with E-state index in [1.807, 2.05) is 0 Å². The molecule has 1 aromatic heterocycles. The lowest BCUT2D eigenvalue weighted by Gasteiger charge is -2.48. The van der Waals surface area contributed by atoms with E-state index >= 15 is 0 Å². The van der Waals surface area contributed by atoms with Crippen molar-refractivity contribution < 1.29 is 30.9 Å². The first-order chi connectivity index (χ1) is 11.2. The molecule has 24 heavy (non-hydrogen) atoms. The molecular weight excluding hydrogens is 349 g/mol. The van der Waals surface area contributed by atoms with Crippen molar-refractivity contribution in [3.05, 3.63) is 18.0 Å². The maximum atomic E-state index is 13.4. The lowest BCUT2D eigenvalue weighted by molar-refractivity contribution is -0.228. The van der Waals surface area contributed by atoms with Gasteiger partial charge in [-0.1, -0.05) is 5.16 Å². The summed E-state index contributed by atoms with van der Waals surface area (Å²) in [6.07, 6.45) is -1.42. The largest absolute Gasteiger partial charge is 0.392 e. The third-order valence-corrected chi connectivity index (χ3v) is 6.17. The van der Waals surface area contributed by atoms with Gasteiger partial charge in [0.25, 0.3) is 0 Å². The van der Waals surface area contributed by atoms with Gasteiger partial charge in [0, 0.05) is 6.07 Å². The number of rotatable bonds is 4. The molecule has 1 aromatic rings. The van der Waals surface area contributed by atoms with Crippen molar-refractivity contribution in [2.24, 2.45) is 23.7 Å². The number of aromatic nitrogens is 1. The van der Waals surface area contributed by atoms with Crippen molar-refractivity contribution in [2.75, 3.05) is 0 Å². The fraction of sp³-hybridized carbons (Fsp3) is 0.714. The normalized spacial score (nSPS) is 30.3. The van der Waals surface area contributed by atoms with Crippen LogP contribution in [-0.2, 0) is 20.6 Å². The predicted octanol–water partition coefficient (Wildman–Crippen LogP) is 2.24. The zero-order valence-electron chi connectivity index (χ0n) is 12.6. The van der Waals surface area contributed by atoms with Gasteiger partial charge in [0.15, 0.2) is 0 Å². The number of hydrogen-bond donors (Lipinski definition) is 1. The van der Waals surface area contributed by atoms with Crippen LogP contribution in [-0.4, -0.2) is 25.7 Å². The van der Waals surface area contributed by atoms with E-state index < -0.39 is 51.5 Å². The summed E-state index contributed by atoms with van der Waals surface area (Å²) in [5.41, 5.74) is 0.0767. The van der Waals surface area contributed by atoms with Crippen LogP contribution in [0.15, 0.2) is 16.9 Å². The molecule has 4 rings (SSSR count). The van der Waals surface area contributed by atoms with Crippen LogP contribution in [0.3, 0.4) is 0 Å². The number of alkyl halides is 3. The first kappa shape index (κ1) is 17.2. The second kappa shape index (κ2) is 6.05. The van der Waals surface area contributed by atoms with E-state index in [4.69, 9.17) is 0 Å². The quantitative estimate of drug-likeness (QED) is 0.883. The number of hydrogen-bond acceptors (Lipinski definition) is 5. The van der Waals surface area contributed by atoms with Gasteiger partial charge in [-0.3, -0.25) is 9.52 Å². The van der Waals surface area contributed by atoms with E-state index in [-0.39, 0.29) is 5.69 Å². The fourth-order valence-electron chi connectivity index (χ4n) is 4.06. The van der Waals surface area contributed by atoms with Crippen LogP contribution >= 0.6 is 0 Å². The van der Waals surface area contributed by atoms with Crippen molar-refractivity contribution in [3.63, 3.8) is 0 Å². The number of fused-ring (bicyclic) bond motifs is 3. The minimum absolute atomic E-state index is 0.0767. The number of carbonyl (C=O) groups excluding carboxylic acids is 1. The Bertz CT molecular complexity index is 694. The monoisotopic (exact) mass is 366 g/mol. The molecule has 6 nitrogen and oxygen atoms in total. The number of carbonyl (C=O) groups is 1. The number of halogens is 3. The third kappa shape index (κ3) is 3.42. The van der Waals surface area contributed by atoms with Crippen LogP contribution in [0.2, 0.25) is 0 Å². The summed E-state index contributed by atoms with van der Waals surface area (Å²) in [5, 5.41) is 3.43. The van der Waals surface area contributed by atoms with E-state index in [9.17, 15) is 26.4 Å². The lowest BCUT2D eigenvalue weighted by Crippen LogP contribution is -2.53. The van der Waals surface area contributed by atoms with Crippen LogP contribution in [0.1, 0.15) is 31.4 Å². The number of nitrogens with zero attached hydrogens (tertiary/aromatic N) is 1. The summed E-state index contributed by atoms with van der Waals surface area (Å²) in [4.78, 5) is 12.4. The molecule has 0 aliphatic heterocycles. The molecule has 0 radical (unpaired) electrons. The summed E-state index contributed by atoms with van der Waals surface area (Å²) >= 11 is 0. The zero-order valence-corrected chi connectivity index (χ0v) is 13.4. The van der Waals surface area contributed by atoms with Crippen molar-refractivity contribution in [2.45, 2.75) is 37.6 Å². The van der Waals surface area contributed by atoms with Gasteiger partial charge in [0.1, 0.15) is 17.7 Å².